The fourth-order valence-electron chi connectivity index (χ4n) is 2.83. The predicted octanol–water partition coefficient (Wildman–Crippen LogP) is 2.63. The maximum Gasteiger partial charge on any atom is 0.315 e. The first-order chi connectivity index (χ1) is 10.5. The minimum absolute atomic E-state index is 0.0786. The highest BCUT2D eigenvalue weighted by atomic mass is 19.1. The lowest BCUT2D eigenvalue weighted by atomic mass is 9.82. The van der Waals surface area contributed by atoms with Gasteiger partial charge in [-0.3, -0.25) is 4.79 Å². The Labute approximate surface area is 128 Å². The fraction of sp³-hybridized carbons (Fsp3) is 0.500. The average Bonchev–Trinajstić information content (AvgIpc) is 2.48. The van der Waals surface area contributed by atoms with Crippen molar-refractivity contribution in [3.05, 3.63) is 35.6 Å². The van der Waals surface area contributed by atoms with Crippen LogP contribution in [0.15, 0.2) is 24.3 Å². The highest BCUT2D eigenvalue weighted by molar-refractivity contribution is 5.75. The molecule has 0 aromatic heterocycles. The minimum Gasteiger partial charge on any atom is -0.481 e. The molecule has 1 aliphatic carbocycles. The van der Waals surface area contributed by atoms with Gasteiger partial charge in [0.05, 0.1) is 6.42 Å². The molecule has 0 bridgehead atoms. The van der Waals surface area contributed by atoms with Crippen LogP contribution < -0.4 is 10.6 Å². The summed E-state index contributed by atoms with van der Waals surface area (Å²) in [6.45, 7) is 0.131. The van der Waals surface area contributed by atoms with Gasteiger partial charge >= 0.3 is 12.0 Å². The minimum atomic E-state index is -0.930. The van der Waals surface area contributed by atoms with E-state index in [1.54, 1.807) is 0 Å². The van der Waals surface area contributed by atoms with Crippen LogP contribution in [0.4, 0.5) is 9.18 Å². The molecule has 0 spiro atoms. The second-order valence-corrected chi connectivity index (χ2v) is 5.64. The van der Waals surface area contributed by atoms with E-state index in [2.05, 4.69) is 10.6 Å². The normalized spacial score (nSPS) is 21.1. The topological polar surface area (TPSA) is 78.4 Å². The molecule has 0 radical (unpaired) electrons. The van der Waals surface area contributed by atoms with Gasteiger partial charge in [-0.05, 0) is 49.3 Å². The molecule has 22 heavy (non-hydrogen) atoms. The van der Waals surface area contributed by atoms with Crippen LogP contribution in [0.3, 0.4) is 0 Å². The molecule has 0 atom stereocenters. The molecule has 2 amide bonds. The Morgan fingerprint density at radius 2 is 1.77 bits per heavy atom. The Morgan fingerprint density at radius 3 is 2.36 bits per heavy atom. The van der Waals surface area contributed by atoms with Crippen molar-refractivity contribution < 1.29 is 19.1 Å². The van der Waals surface area contributed by atoms with Crippen molar-refractivity contribution in [2.75, 3.05) is 6.54 Å². The van der Waals surface area contributed by atoms with E-state index in [9.17, 15) is 14.0 Å². The van der Waals surface area contributed by atoms with Gasteiger partial charge < -0.3 is 15.7 Å². The van der Waals surface area contributed by atoms with E-state index >= 15 is 0 Å². The van der Waals surface area contributed by atoms with Crippen LogP contribution in [-0.2, 0) is 4.79 Å². The zero-order chi connectivity index (χ0) is 15.9. The summed E-state index contributed by atoms with van der Waals surface area (Å²) in [6, 6.07) is 6.41. The summed E-state index contributed by atoms with van der Waals surface area (Å²) in [5.41, 5.74) is 1.14. The van der Waals surface area contributed by atoms with Gasteiger partial charge in [0.15, 0.2) is 0 Å². The molecule has 1 fully saturated rings. The van der Waals surface area contributed by atoms with E-state index in [-0.39, 0.29) is 30.9 Å². The molecule has 0 aliphatic heterocycles. The highest BCUT2D eigenvalue weighted by Gasteiger charge is 2.23. The van der Waals surface area contributed by atoms with Gasteiger partial charge in [0.1, 0.15) is 5.82 Å². The molecule has 1 saturated carbocycles. The molecule has 1 aromatic carbocycles. The Bertz CT molecular complexity index is 511. The zero-order valence-corrected chi connectivity index (χ0v) is 12.3. The molecule has 0 heterocycles. The monoisotopic (exact) mass is 308 g/mol. The third kappa shape index (κ3) is 5.02. The van der Waals surface area contributed by atoms with Crippen LogP contribution in [0.5, 0.6) is 0 Å². The number of amides is 2. The van der Waals surface area contributed by atoms with Gasteiger partial charge in [0.2, 0.25) is 0 Å². The largest absolute Gasteiger partial charge is 0.481 e. The number of halogens is 1. The van der Waals surface area contributed by atoms with Crippen LogP contribution in [0, 0.1) is 5.82 Å². The third-order valence-corrected chi connectivity index (χ3v) is 4.03. The SMILES string of the molecule is O=C(O)CCNC(=O)NC1CCC(c2ccc(F)cc2)CC1. The number of carbonyl (C=O) groups is 2. The highest BCUT2D eigenvalue weighted by Crippen LogP contribution is 2.32. The van der Waals surface area contributed by atoms with Crippen molar-refractivity contribution in [3.63, 3.8) is 0 Å². The van der Waals surface area contributed by atoms with Crippen molar-refractivity contribution in [3.8, 4) is 0 Å². The van der Waals surface area contributed by atoms with Crippen molar-refractivity contribution >= 4 is 12.0 Å². The number of hydrogen-bond acceptors (Lipinski definition) is 2. The lowest BCUT2D eigenvalue weighted by molar-refractivity contribution is -0.136. The molecular formula is C16H21FN2O3. The number of benzene rings is 1. The fourth-order valence-corrected chi connectivity index (χ4v) is 2.83. The second kappa shape index (κ2) is 7.77. The Balaban J connectivity index is 1.71. The molecule has 5 nitrogen and oxygen atoms in total. The number of carboxylic acid groups (broad SMARTS) is 1. The number of carboxylic acids is 1. The summed E-state index contributed by atoms with van der Waals surface area (Å²) in [5.74, 6) is -0.744. The third-order valence-electron chi connectivity index (χ3n) is 4.03. The van der Waals surface area contributed by atoms with E-state index in [0.717, 1.165) is 31.2 Å². The molecular weight excluding hydrogens is 287 g/mol. The van der Waals surface area contributed by atoms with Crippen LogP contribution in [0.2, 0.25) is 0 Å². The van der Waals surface area contributed by atoms with Crippen LogP contribution in [-0.4, -0.2) is 29.7 Å². The number of urea groups is 1. The standard InChI is InChI=1S/C16H21FN2O3/c17-13-5-1-11(2-6-13)12-3-7-14(8-4-12)19-16(22)18-10-9-15(20)21/h1-2,5-6,12,14H,3-4,7-10H2,(H,20,21)(H2,18,19,22). The molecule has 1 aliphatic rings. The Kier molecular flexibility index (Phi) is 5.75. The predicted molar refractivity (Wildman–Crippen MR) is 80.2 cm³/mol. The maximum atomic E-state index is 12.9. The number of rotatable bonds is 5. The maximum absolute atomic E-state index is 12.9. The zero-order valence-electron chi connectivity index (χ0n) is 12.3. The second-order valence-electron chi connectivity index (χ2n) is 5.64. The van der Waals surface area contributed by atoms with Gasteiger partial charge in [-0.15, -0.1) is 0 Å². The molecule has 1 aromatic rings. The molecule has 120 valence electrons. The summed E-state index contributed by atoms with van der Waals surface area (Å²) in [6.07, 6.45) is 3.56. The van der Waals surface area contributed by atoms with E-state index in [4.69, 9.17) is 5.11 Å². The van der Waals surface area contributed by atoms with Gasteiger partial charge in [-0.2, -0.15) is 0 Å². The summed E-state index contributed by atoms with van der Waals surface area (Å²) >= 11 is 0. The number of nitrogens with one attached hydrogen (secondary N) is 2. The lowest BCUT2D eigenvalue weighted by Gasteiger charge is -2.29. The van der Waals surface area contributed by atoms with E-state index in [1.807, 2.05) is 12.1 Å². The smallest absolute Gasteiger partial charge is 0.315 e. The van der Waals surface area contributed by atoms with Crippen LogP contribution >= 0.6 is 0 Å². The molecule has 3 N–H and O–H groups in total. The summed E-state index contributed by atoms with van der Waals surface area (Å²) in [4.78, 5) is 22.0. The number of hydrogen-bond donors (Lipinski definition) is 3. The molecule has 2 rings (SSSR count). The van der Waals surface area contributed by atoms with E-state index in [1.165, 1.54) is 12.1 Å². The lowest BCUT2D eigenvalue weighted by Crippen LogP contribution is -2.44. The van der Waals surface area contributed by atoms with Crippen molar-refractivity contribution in [2.24, 2.45) is 0 Å². The van der Waals surface area contributed by atoms with E-state index in [0.29, 0.717) is 5.92 Å². The summed E-state index contributed by atoms with van der Waals surface area (Å²) < 4.78 is 12.9. The summed E-state index contributed by atoms with van der Waals surface area (Å²) in [5, 5.41) is 13.9. The number of aliphatic carboxylic acids is 1. The molecule has 0 saturated heterocycles. The summed E-state index contributed by atoms with van der Waals surface area (Å²) in [7, 11) is 0. The van der Waals surface area contributed by atoms with Crippen molar-refractivity contribution in [1.29, 1.82) is 0 Å². The first kappa shape index (κ1) is 16.3. The quantitative estimate of drug-likeness (QED) is 0.782. The molecule has 0 unspecified atom stereocenters. The van der Waals surface area contributed by atoms with Crippen molar-refractivity contribution in [2.45, 2.75) is 44.1 Å². The van der Waals surface area contributed by atoms with E-state index < -0.39 is 5.97 Å². The van der Waals surface area contributed by atoms with Crippen LogP contribution in [0.1, 0.15) is 43.6 Å². The van der Waals surface area contributed by atoms with Crippen LogP contribution in [0.25, 0.3) is 0 Å². The average molecular weight is 308 g/mol. The molecule has 6 heteroatoms. The van der Waals surface area contributed by atoms with Crippen molar-refractivity contribution in [1.82, 2.24) is 10.6 Å². The first-order valence-corrected chi connectivity index (χ1v) is 7.56. The Morgan fingerprint density at radius 1 is 1.14 bits per heavy atom. The Hall–Kier alpha value is -2.11. The van der Waals surface area contributed by atoms with Gasteiger partial charge in [0, 0.05) is 12.6 Å². The van der Waals surface area contributed by atoms with Gasteiger partial charge in [0.25, 0.3) is 0 Å². The number of carbonyl (C=O) groups excluding carboxylic acids is 1. The van der Waals surface area contributed by atoms with Gasteiger partial charge in [-0.25, -0.2) is 9.18 Å². The van der Waals surface area contributed by atoms with Gasteiger partial charge in [-0.1, -0.05) is 12.1 Å². The first-order valence-electron chi connectivity index (χ1n) is 7.56.